The quantitative estimate of drug-likeness (QED) is 0.428. The Bertz CT molecular complexity index is 140. The summed E-state index contributed by atoms with van der Waals surface area (Å²) in [5.74, 6) is 0.0823. The number of hydrogen-bond acceptors (Lipinski definition) is 3. The van der Waals surface area contributed by atoms with Crippen LogP contribution in [0.5, 0.6) is 0 Å². The third-order valence-corrected chi connectivity index (χ3v) is 1.84. The summed E-state index contributed by atoms with van der Waals surface area (Å²) in [6, 6.07) is 0. The van der Waals surface area contributed by atoms with Crippen LogP contribution in [0.1, 0.15) is 32.6 Å². The number of aliphatic hydroxyl groups is 1. The van der Waals surface area contributed by atoms with Crippen molar-refractivity contribution < 1.29 is 9.90 Å². The van der Waals surface area contributed by atoms with Gasteiger partial charge in [0, 0.05) is 24.8 Å². The molecule has 13 heavy (non-hydrogen) atoms. The van der Waals surface area contributed by atoms with Gasteiger partial charge >= 0.3 is 0 Å². The highest BCUT2D eigenvalue weighted by molar-refractivity contribution is 7.80. The average molecular weight is 205 g/mol. The number of amides is 1. The molecule has 0 rings (SSSR count). The second-order valence-electron chi connectivity index (χ2n) is 3.19. The van der Waals surface area contributed by atoms with E-state index in [9.17, 15) is 4.79 Å². The molecule has 0 spiro atoms. The minimum atomic E-state index is 0.0823. The van der Waals surface area contributed by atoms with Crippen LogP contribution < -0.4 is 5.32 Å². The van der Waals surface area contributed by atoms with E-state index in [1.54, 1.807) is 0 Å². The average Bonchev–Trinajstić information content (AvgIpc) is 2.09. The van der Waals surface area contributed by atoms with Crippen molar-refractivity contribution in [3.8, 4) is 0 Å². The van der Waals surface area contributed by atoms with Gasteiger partial charge in [0.25, 0.3) is 0 Å². The molecule has 0 aromatic carbocycles. The van der Waals surface area contributed by atoms with Gasteiger partial charge in [-0.2, -0.15) is 12.6 Å². The van der Waals surface area contributed by atoms with Crippen molar-refractivity contribution in [2.24, 2.45) is 0 Å². The molecule has 1 amide bonds. The smallest absolute Gasteiger partial charge is 0.220 e. The zero-order chi connectivity index (χ0) is 10.1. The number of hydrogen-bond donors (Lipinski definition) is 3. The van der Waals surface area contributed by atoms with Crippen LogP contribution in [-0.4, -0.2) is 29.4 Å². The van der Waals surface area contributed by atoms with Gasteiger partial charge in [-0.1, -0.05) is 13.3 Å². The second kappa shape index (κ2) is 8.38. The molecule has 0 aromatic heterocycles. The molecule has 2 N–H and O–H groups in total. The molecule has 3 nitrogen and oxygen atoms in total. The van der Waals surface area contributed by atoms with Gasteiger partial charge in [0.05, 0.1) is 0 Å². The summed E-state index contributed by atoms with van der Waals surface area (Å²) in [7, 11) is 0. The molecule has 0 aliphatic heterocycles. The minimum Gasteiger partial charge on any atom is -0.396 e. The molecule has 0 heterocycles. The Morgan fingerprint density at radius 3 is 2.69 bits per heavy atom. The first-order valence-corrected chi connectivity index (χ1v) is 5.24. The number of thiol groups is 1. The predicted octanol–water partition coefficient (Wildman–Crippen LogP) is 0.974. The van der Waals surface area contributed by atoms with Crippen molar-refractivity contribution in [2.75, 3.05) is 13.2 Å². The SMILES string of the molecule is CC(S)CNC(=O)CCCCCO. The lowest BCUT2D eigenvalue weighted by atomic mass is 10.2. The molecule has 0 aromatic rings. The van der Waals surface area contributed by atoms with E-state index in [0.29, 0.717) is 13.0 Å². The minimum absolute atomic E-state index is 0.0823. The van der Waals surface area contributed by atoms with Crippen LogP contribution in [0.4, 0.5) is 0 Å². The first-order valence-electron chi connectivity index (χ1n) is 4.72. The molecule has 0 radical (unpaired) electrons. The normalized spacial score (nSPS) is 12.5. The van der Waals surface area contributed by atoms with Gasteiger partial charge in [0.15, 0.2) is 0 Å². The highest BCUT2D eigenvalue weighted by atomic mass is 32.1. The zero-order valence-electron chi connectivity index (χ0n) is 8.12. The number of carbonyl (C=O) groups is 1. The molecule has 1 atom stereocenters. The van der Waals surface area contributed by atoms with E-state index >= 15 is 0 Å². The molecule has 1 unspecified atom stereocenters. The fourth-order valence-corrected chi connectivity index (χ4v) is 1.02. The van der Waals surface area contributed by atoms with Crippen LogP contribution in [-0.2, 0) is 4.79 Å². The summed E-state index contributed by atoms with van der Waals surface area (Å²) in [5, 5.41) is 11.5. The lowest BCUT2D eigenvalue weighted by molar-refractivity contribution is -0.121. The van der Waals surface area contributed by atoms with E-state index < -0.39 is 0 Å². The van der Waals surface area contributed by atoms with Crippen LogP contribution in [0.3, 0.4) is 0 Å². The molecule has 0 saturated carbocycles. The van der Waals surface area contributed by atoms with Gasteiger partial charge < -0.3 is 10.4 Å². The highest BCUT2D eigenvalue weighted by Crippen LogP contribution is 1.99. The maximum Gasteiger partial charge on any atom is 0.220 e. The van der Waals surface area contributed by atoms with Gasteiger partial charge in [-0.25, -0.2) is 0 Å². The zero-order valence-corrected chi connectivity index (χ0v) is 9.02. The molecule has 0 aliphatic rings. The van der Waals surface area contributed by atoms with E-state index in [-0.39, 0.29) is 17.8 Å². The molecule has 78 valence electrons. The van der Waals surface area contributed by atoms with Crippen molar-refractivity contribution in [3.05, 3.63) is 0 Å². The van der Waals surface area contributed by atoms with Crippen LogP contribution in [0.2, 0.25) is 0 Å². The molecule has 0 saturated heterocycles. The number of unbranched alkanes of at least 4 members (excludes halogenated alkanes) is 2. The Morgan fingerprint density at radius 2 is 2.15 bits per heavy atom. The van der Waals surface area contributed by atoms with Gasteiger partial charge in [-0.15, -0.1) is 0 Å². The molecular weight excluding hydrogens is 186 g/mol. The second-order valence-corrected chi connectivity index (χ2v) is 4.07. The summed E-state index contributed by atoms with van der Waals surface area (Å²) in [4.78, 5) is 11.1. The highest BCUT2D eigenvalue weighted by Gasteiger charge is 2.01. The fraction of sp³-hybridized carbons (Fsp3) is 0.889. The topological polar surface area (TPSA) is 49.3 Å². The molecule has 0 fully saturated rings. The Balaban J connectivity index is 3.20. The molecular formula is C9H19NO2S. The van der Waals surface area contributed by atoms with E-state index in [2.05, 4.69) is 17.9 Å². The maximum absolute atomic E-state index is 11.1. The third-order valence-electron chi connectivity index (χ3n) is 1.66. The van der Waals surface area contributed by atoms with Crippen LogP contribution >= 0.6 is 12.6 Å². The Hall–Kier alpha value is -0.220. The summed E-state index contributed by atoms with van der Waals surface area (Å²) in [6.07, 6.45) is 3.12. The fourth-order valence-electron chi connectivity index (χ4n) is 0.924. The van der Waals surface area contributed by atoms with Crippen molar-refractivity contribution in [3.63, 3.8) is 0 Å². The molecule has 0 aliphatic carbocycles. The number of rotatable bonds is 7. The van der Waals surface area contributed by atoms with Crippen LogP contribution in [0.25, 0.3) is 0 Å². The van der Waals surface area contributed by atoms with E-state index in [1.165, 1.54) is 0 Å². The number of nitrogens with one attached hydrogen (secondary N) is 1. The van der Waals surface area contributed by atoms with Crippen molar-refractivity contribution in [2.45, 2.75) is 37.9 Å². The Morgan fingerprint density at radius 1 is 1.46 bits per heavy atom. The number of carbonyl (C=O) groups excluding carboxylic acids is 1. The van der Waals surface area contributed by atoms with Gasteiger partial charge in [0.2, 0.25) is 5.91 Å². The van der Waals surface area contributed by atoms with Crippen molar-refractivity contribution in [1.29, 1.82) is 0 Å². The summed E-state index contributed by atoms with van der Waals surface area (Å²) in [6.45, 7) is 2.78. The van der Waals surface area contributed by atoms with Crippen LogP contribution in [0.15, 0.2) is 0 Å². The largest absolute Gasteiger partial charge is 0.396 e. The van der Waals surface area contributed by atoms with Crippen molar-refractivity contribution in [1.82, 2.24) is 5.32 Å². The first kappa shape index (κ1) is 12.8. The van der Waals surface area contributed by atoms with E-state index in [0.717, 1.165) is 19.3 Å². The van der Waals surface area contributed by atoms with Crippen molar-refractivity contribution >= 4 is 18.5 Å². The van der Waals surface area contributed by atoms with Gasteiger partial charge in [-0.05, 0) is 12.8 Å². The molecule has 4 heteroatoms. The van der Waals surface area contributed by atoms with Gasteiger partial charge in [0.1, 0.15) is 0 Å². The summed E-state index contributed by atoms with van der Waals surface area (Å²) >= 11 is 4.15. The Labute approximate surface area is 85.3 Å². The third kappa shape index (κ3) is 9.70. The summed E-state index contributed by atoms with van der Waals surface area (Å²) in [5.41, 5.74) is 0. The molecule has 0 bridgehead atoms. The first-order chi connectivity index (χ1) is 6.16. The monoisotopic (exact) mass is 205 g/mol. The number of aliphatic hydroxyl groups excluding tert-OH is 1. The predicted molar refractivity (Wildman–Crippen MR) is 57.0 cm³/mol. The lowest BCUT2D eigenvalue weighted by Gasteiger charge is -2.06. The lowest BCUT2D eigenvalue weighted by Crippen LogP contribution is -2.28. The summed E-state index contributed by atoms with van der Waals surface area (Å²) < 4.78 is 0. The van der Waals surface area contributed by atoms with E-state index in [1.807, 2.05) is 6.92 Å². The van der Waals surface area contributed by atoms with E-state index in [4.69, 9.17) is 5.11 Å². The van der Waals surface area contributed by atoms with Gasteiger partial charge in [-0.3, -0.25) is 4.79 Å². The van der Waals surface area contributed by atoms with Crippen LogP contribution in [0, 0.1) is 0 Å². The Kier molecular flexibility index (Phi) is 8.24. The standard InChI is InChI=1S/C9H19NO2S/c1-8(13)7-10-9(12)5-3-2-4-6-11/h8,11,13H,2-7H2,1H3,(H,10,12). The maximum atomic E-state index is 11.1.